The van der Waals surface area contributed by atoms with Crippen LogP contribution in [0.1, 0.15) is 19.4 Å². The lowest BCUT2D eigenvalue weighted by atomic mass is 10.1. The van der Waals surface area contributed by atoms with Crippen LogP contribution in [-0.4, -0.2) is 48.5 Å². The van der Waals surface area contributed by atoms with Crippen molar-refractivity contribution in [2.24, 2.45) is 0 Å². The average molecular weight is 369 g/mol. The second kappa shape index (κ2) is 8.79. The third-order valence-electron chi connectivity index (χ3n) is 4.16. The first-order valence-electron chi connectivity index (χ1n) is 8.27. The molecular weight excluding hydrogens is 344 g/mol. The van der Waals surface area contributed by atoms with Crippen LogP contribution in [0.4, 0.5) is 0 Å². The van der Waals surface area contributed by atoms with Gasteiger partial charge in [-0.25, -0.2) is 4.98 Å². The summed E-state index contributed by atoms with van der Waals surface area (Å²) >= 11 is 1.83. The molecule has 132 valence electrons. The molecule has 0 N–H and O–H groups in total. The summed E-state index contributed by atoms with van der Waals surface area (Å²) in [7, 11) is 0. The minimum Gasteiger partial charge on any atom is -0.486 e. The largest absolute Gasteiger partial charge is 0.486 e. The summed E-state index contributed by atoms with van der Waals surface area (Å²) in [6, 6.07) is 6.23. The van der Waals surface area contributed by atoms with Crippen LogP contribution >= 0.6 is 24.2 Å². The van der Waals surface area contributed by atoms with Crippen molar-refractivity contribution in [2.45, 2.75) is 25.8 Å². The number of thioether (sulfide) groups is 1. The monoisotopic (exact) mass is 368 g/mol. The van der Waals surface area contributed by atoms with Gasteiger partial charge in [0.05, 0.1) is 10.5 Å². The van der Waals surface area contributed by atoms with E-state index in [4.69, 9.17) is 14.5 Å². The molecule has 1 aliphatic heterocycles. The Morgan fingerprint density at radius 1 is 1.08 bits per heavy atom. The van der Waals surface area contributed by atoms with Crippen LogP contribution in [0, 0.1) is 6.92 Å². The predicted molar refractivity (Wildman–Crippen MR) is 103 cm³/mol. The zero-order chi connectivity index (χ0) is 16.2. The van der Waals surface area contributed by atoms with Gasteiger partial charge in [-0.05, 0) is 37.7 Å². The van der Waals surface area contributed by atoms with Crippen LogP contribution in [0.3, 0.4) is 0 Å². The number of pyridine rings is 1. The summed E-state index contributed by atoms with van der Waals surface area (Å²) in [6.45, 7) is 11.1. The highest BCUT2D eigenvalue weighted by Gasteiger charge is 2.14. The smallest absolute Gasteiger partial charge is 0.163 e. The third kappa shape index (κ3) is 4.26. The fourth-order valence-corrected chi connectivity index (χ4v) is 3.75. The third-order valence-corrected chi connectivity index (χ3v) is 5.24. The van der Waals surface area contributed by atoms with Crippen molar-refractivity contribution in [1.82, 2.24) is 9.88 Å². The van der Waals surface area contributed by atoms with Crippen LogP contribution in [0.15, 0.2) is 23.2 Å². The number of nitrogens with zero attached hydrogens (tertiary/aromatic N) is 2. The molecule has 4 nitrogen and oxygen atoms in total. The van der Waals surface area contributed by atoms with E-state index < -0.39 is 0 Å². The normalized spacial score (nSPS) is 13.2. The Balaban J connectivity index is 0.00000208. The summed E-state index contributed by atoms with van der Waals surface area (Å²) in [5, 5.41) is 2.22. The van der Waals surface area contributed by atoms with Gasteiger partial charge in [0.15, 0.2) is 11.5 Å². The number of fused-ring (bicyclic) bond motifs is 2. The highest BCUT2D eigenvalue weighted by molar-refractivity contribution is 7.99. The topological polar surface area (TPSA) is 34.6 Å². The molecule has 1 aliphatic rings. The maximum atomic E-state index is 5.66. The van der Waals surface area contributed by atoms with Crippen molar-refractivity contribution in [2.75, 3.05) is 38.6 Å². The first-order chi connectivity index (χ1) is 11.2. The number of aryl methyl sites for hydroxylation is 1. The van der Waals surface area contributed by atoms with E-state index in [0.29, 0.717) is 13.2 Å². The maximum Gasteiger partial charge on any atom is 0.163 e. The van der Waals surface area contributed by atoms with Gasteiger partial charge in [-0.15, -0.1) is 24.2 Å². The van der Waals surface area contributed by atoms with Crippen molar-refractivity contribution in [1.29, 1.82) is 0 Å². The first-order valence-corrected chi connectivity index (χ1v) is 9.26. The Morgan fingerprint density at radius 2 is 1.75 bits per heavy atom. The molecule has 0 spiro atoms. The van der Waals surface area contributed by atoms with E-state index in [-0.39, 0.29) is 12.4 Å². The Kier molecular flexibility index (Phi) is 7.02. The molecule has 3 rings (SSSR count). The number of halogens is 1. The molecular formula is C18H25ClN2O2S. The van der Waals surface area contributed by atoms with Crippen LogP contribution < -0.4 is 9.47 Å². The fraction of sp³-hybridized carbons (Fsp3) is 0.500. The van der Waals surface area contributed by atoms with Gasteiger partial charge in [-0.1, -0.05) is 13.8 Å². The number of rotatable bonds is 6. The Hall–Kier alpha value is -1.17. The van der Waals surface area contributed by atoms with Gasteiger partial charge in [0.25, 0.3) is 0 Å². The average Bonchev–Trinajstić information content (AvgIpc) is 2.57. The predicted octanol–water partition coefficient (Wildman–Crippen LogP) is 4.17. The molecule has 1 aromatic heterocycles. The molecule has 2 aromatic rings. The molecule has 24 heavy (non-hydrogen) atoms. The number of hydrogen-bond donors (Lipinski definition) is 0. The van der Waals surface area contributed by atoms with Crippen molar-refractivity contribution in [3.63, 3.8) is 0 Å². The molecule has 0 unspecified atom stereocenters. The molecule has 0 saturated heterocycles. The van der Waals surface area contributed by atoms with Crippen molar-refractivity contribution in [3.8, 4) is 11.5 Å². The van der Waals surface area contributed by atoms with Gasteiger partial charge in [-0.3, -0.25) is 0 Å². The summed E-state index contributed by atoms with van der Waals surface area (Å²) < 4.78 is 11.3. The summed E-state index contributed by atoms with van der Waals surface area (Å²) in [5.41, 5.74) is 2.20. The van der Waals surface area contributed by atoms with Crippen molar-refractivity contribution < 1.29 is 9.47 Å². The molecule has 0 radical (unpaired) electrons. The van der Waals surface area contributed by atoms with E-state index in [0.717, 1.165) is 52.8 Å². The summed E-state index contributed by atoms with van der Waals surface area (Å²) in [5.74, 6) is 2.69. The molecule has 1 aromatic carbocycles. The molecule has 0 amide bonds. The number of aromatic nitrogens is 1. The van der Waals surface area contributed by atoms with E-state index in [2.05, 4.69) is 31.7 Å². The molecule has 0 bridgehead atoms. The van der Waals surface area contributed by atoms with Crippen LogP contribution in [0.5, 0.6) is 11.5 Å². The van der Waals surface area contributed by atoms with Gasteiger partial charge in [-0.2, -0.15) is 0 Å². The maximum absolute atomic E-state index is 5.66. The Bertz CT molecular complexity index is 692. The van der Waals surface area contributed by atoms with Gasteiger partial charge in [0.1, 0.15) is 13.2 Å². The number of benzene rings is 1. The zero-order valence-electron chi connectivity index (χ0n) is 14.5. The molecule has 0 fully saturated rings. The van der Waals surface area contributed by atoms with E-state index in [1.807, 2.05) is 23.9 Å². The molecule has 0 atom stereocenters. The Labute approximate surface area is 154 Å². The number of ether oxygens (including phenoxy) is 2. The standard InChI is InChI=1S/C18H24N2O2S.ClH/c1-4-20(5-2)6-9-23-18-13(3)10-14-11-16-17(12-15(14)19-18)22-8-7-21-16;/h10-12H,4-9H2,1-3H3;1H. The lowest BCUT2D eigenvalue weighted by Crippen LogP contribution is -2.25. The lowest BCUT2D eigenvalue weighted by molar-refractivity contribution is 0.172. The molecule has 0 saturated carbocycles. The summed E-state index contributed by atoms with van der Waals surface area (Å²) in [4.78, 5) is 7.28. The zero-order valence-corrected chi connectivity index (χ0v) is 16.1. The van der Waals surface area contributed by atoms with Gasteiger partial charge in [0, 0.05) is 23.8 Å². The SMILES string of the molecule is CCN(CC)CCSc1nc2cc3c(cc2cc1C)OCCO3.Cl. The van der Waals surface area contributed by atoms with Crippen LogP contribution in [-0.2, 0) is 0 Å². The van der Waals surface area contributed by atoms with Crippen LogP contribution in [0.2, 0.25) is 0 Å². The quantitative estimate of drug-likeness (QED) is 0.715. The van der Waals surface area contributed by atoms with Crippen molar-refractivity contribution >= 4 is 35.1 Å². The van der Waals surface area contributed by atoms with E-state index in [1.165, 1.54) is 5.56 Å². The second-order valence-electron chi connectivity index (χ2n) is 5.67. The van der Waals surface area contributed by atoms with E-state index in [9.17, 15) is 0 Å². The Morgan fingerprint density at radius 3 is 2.42 bits per heavy atom. The highest BCUT2D eigenvalue weighted by atomic mass is 35.5. The molecule has 0 aliphatic carbocycles. The van der Waals surface area contributed by atoms with E-state index >= 15 is 0 Å². The second-order valence-corrected chi connectivity index (χ2v) is 6.76. The lowest BCUT2D eigenvalue weighted by Gasteiger charge is -2.19. The van der Waals surface area contributed by atoms with Crippen molar-refractivity contribution in [3.05, 3.63) is 23.8 Å². The molecule has 2 heterocycles. The minimum atomic E-state index is 0. The number of hydrogen-bond acceptors (Lipinski definition) is 5. The minimum absolute atomic E-state index is 0. The van der Waals surface area contributed by atoms with Crippen LogP contribution in [0.25, 0.3) is 10.9 Å². The molecule has 6 heteroatoms. The highest BCUT2D eigenvalue weighted by Crippen LogP contribution is 2.35. The van der Waals surface area contributed by atoms with Gasteiger partial charge >= 0.3 is 0 Å². The fourth-order valence-electron chi connectivity index (χ4n) is 2.76. The summed E-state index contributed by atoms with van der Waals surface area (Å²) in [6.07, 6.45) is 0. The van der Waals surface area contributed by atoms with E-state index in [1.54, 1.807) is 0 Å². The van der Waals surface area contributed by atoms with Gasteiger partial charge < -0.3 is 14.4 Å². The van der Waals surface area contributed by atoms with Gasteiger partial charge in [0.2, 0.25) is 0 Å². The first kappa shape index (κ1) is 19.2.